The number of rotatable bonds is 5. The fraction of sp³-hybridized carbons (Fsp3) is 0.562. The van der Waals surface area contributed by atoms with Gasteiger partial charge in [0.05, 0.1) is 20.1 Å². The molecule has 0 heterocycles. The molecule has 0 aliphatic rings. The molecule has 0 amide bonds. The van der Waals surface area contributed by atoms with E-state index in [1.807, 2.05) is 12.1 Å². The molecule has 1 rings (SSSR count). The van der Waals surface area contributed by atoms with E-state index in [-0.39, 0.29) is 5.41 Å². The third-order valence-corrected chi connectivity index (χ3v) is 3.33. The lowest BCUT2D eigenvalue weighted by Crippen LogP contribution is -2.17. The minimum absolute atomic E-state index is 0.110. The van der Waals surface area contributed by atoms with Gasteiger partial charge in [-0.05, 0) is 29.5 Å². The molecule has 0 aliphatic carbocycles. The molecule has 0 saturated carbocycles. The number of carboxylic acids is 1. The minimum Gasteiger partial charge on any atom is -0.497 e. The summed E-state index contributed by atoms with van der Waals surface area (Å²) < 4.78 is 10.9. The predicted octanol–water partition coefficient (Wildman–Crippen LogP) is 3.26. The Morgan fingerprint density at radius 2 is 1.85 bits per heavy atom. The van der Waals surface area contributed by atoms with Crippen LogP contribution >= 0.6 is 0 Å². The SMILES string of the molecule is COc1cc(CC(C)C(=O)O)c(OC)c(C(C)(C)C)c1. The monoisotopic (exact) mass is 280 g/mol. The summed E-state index contributed by atoms with van der Waals surface area (Å²) in [6.45, 7) is 7.97. The van der Waals surface area contributed by atoms with Crippen LogP contribution in [0.5, 0.6) is 11.5 Å². The van der Waals surface area contributed by atoms with Crippen LogP contribution in [0.25, 0.3) is 0 Å². The maximum absolute atomic E-state index is 11.1. The molecular formula is C16H24O4. The smallest absolute Gasteiger partial charge is 0.306 e. The number of benzene rings is 1. The zero-order valence-corrected chi connectivity index (χ0v) is 13.1. The molecule has 1 N–H and O–H groups in total. The quantitative estimate of drug-likeness (QED) is 0.899. The van der Waals surface area contributed by atoms with Crippen LogP contribution in [0.15, 0.2) is 12.1 Å². The van der Waals surface area contributed by atoms with Crippen molar-refractivity contribution in [3.8, 4) is 11.5 Å². The van der Waals surface area contributed by atoms with Crippen LogP contribution in [-0.2, 0) is 16.6 Å². The zero-order valence-electron chi connectivity index (χ0n) is 13.1. The molecule has 1 atom stereocenters. The number of hydrogen-bond acceptors (Lipinski definition) is 3. The molecular weight excluding hydrogens is 256 g/mol. The first-order valence-electron chi connectivity index (χ1n) is 6.69. The highest BCUT2D eigenvalue weighted by Crippen LogP contribution is 2.38. The van der Waals surface area contributed by atoms with Crippen molar-refractivity contribution in [2.24, 2.45) is 5.92 Å². The number of aliphatic carboxylic acids is 1. The number of ether oxygens (including phenoxy) is 2. The molecule has 0 radical (unpaired) electrons. The van der Waals surface area contributed by atoms with E-state index >= 15 is 0 Å². The summed E-state index contributed by atoms with van der Waals surface area (Å²) in [7, 11) is 3.23. The fourth-order valence-electron chi connectivity index (χ4n) is 2.14. The summed E-state index contributed by atoms with van der Waals surface area (Å²) in [5, 5.41) is 9.09. The highest BCUT2D eigenvalue weighted by atomic mass is 16.5. The Morgan fingerprint density at radius 1 is 1.25 bits per heavy atom. The average molecular weight is 280 g/mol. The molecule has 1 unspecified atom stereocenters. The first-order chi connectivity index (χ1) is 9.20. The van der Waals surface area contributed by atoms with Gasteiger partial charge in [0.25, 0.3) is 0 Å². The number of hydrogen-bond donors (Lipinski definition) is 1. The lowest BCUT2D eigenvalue weighted by atomic mass is 9.83. The van der Waals surface area contributed by atoms with Gasteiger partial charge < -0.3 is 14.6 Å². The molecule has 1 aromatic rings. The maximum atomic E-state index is 11.1. The molecule has 0 spiro atoms. The summed E-state index contributed by atoms with van der Waals surface area (Å²) in [4.78, 5) is 11.1. The highest BCUT2D eigenvalue weighted by Gasteiger charge is 2.24. The summed E-state index contributed by atoms with van der Waals surface area (Å²) in [5.74, 6) is 0.200. The number of carboxylic acid groups (broad SMARTS) is 1. The van der Waals surface area contributed by atoms with Crippen LogP contribution < -0.4 is 9.47 Å². The van der Waals surface area contributed by atoms with E-state index in [2.05, 4.69) is 20.8 Å². The first kappa shape index (κ1) is 16.3. The van der Waals surface area contributed by atoms with Gasteiger partial charge in [-0.2, -0.15) is 0 Å². The van der Waals surface area contributed by atoms with E-state index in [1.165, 1.54) is 0 Å². The van der Waals surface area contributed by atoms with Crippen LogP contribution in [0.2, 0.25) is 0 Å². The minimum atomic E-state index is -0.813. The molecule has 0 aliphatic heterocycles. The molecule has 0 fully saturated rings. The van der Waals surface area contributed by atoms with Gasteiger partial charge in [0, 0.05) is 5.56 Å². The fourth-order valence-corrected chi connectivity index (χ4v) is 2.14. The van der Waals surface area contributed by atoms with Gasteiger partial charge in [-0.3, -0.25) is 4.79 Å². The summed E-state index contributed by atoms with van der Waals surface area (Å²) in [5.41, 5.74) is 1.78. The summed E-state index contributed by atoms with van der Waals surface area (Å²) >= 11 is 0. The van der Waals surface area contributed by atoms with E-state index in [1.54, 1.807) is 21.1 Å². The van der Waals surface area contributed by atoms with Gasteiger partial charge in [0.2, 0.25) is 0 Å². The van der Waals surface area contributed by atoms with Crippen LogP contribution in [0, 0.1) is 5.92 Å². The van der Waals surface area contributed by atoms with Crippen molar-refractivity contribution in [2.75, 3.05) is 14.2 Å². The van der Waals surface area contributed by atoms with E-state index in [9.17, 15) is 4.79 Å². The second-order valence-electron chi connectivity index (χ2n) is 6.06. The Kier molecular flexibility index (Phi) is 5.03. The Balaban J connectivity index is 3.37. The third kappa shape index (κ3) is 3.65. The van der Waals surface area contributed by atoms with Crippen molar-refractivity contribution in [1.29, 1.82) is 0 Å². The van der Waals surface area contributed by atoms with Crippen LogP contribution in [0.4, 0.5) is 0 Å². The predicted molar refractivity (Wildman–Crippen MR) is 78.7 cm³/mol. The number of carbonyl (C=O) groups is 1. The molecule has 0 bridgehead atoms. The Hall–Kier alpha value is -1.71. The van der Waals surface area contributed by atoms with Gasteiger partial charge >= 0.3 is 5.97 Å². The van der Waals surface area contributed by atoms with Crippen LogP contribution in [0.1, 0.15) is 38.8 Å². The van der Waals surface area contributed by atoms with Crippen molar-refractivity contribution in [1.82, 2.24) is 0 Å². The van der Waals surface area contributed by atoms with Crippen molar-refractivity contribution < 1.29 is 19.4 Å². The Labute approximate surface area is 120 Å². The second kappa shape index (κ2) is 6.16. The van der Waals surface area contributed by atoms with Crippen LogP contribution in [-0.4, -0.2) is 25.3 Å². The van der Waals surface area contributed by atoms with Crippen LogP contribution in [0.3, 0.4) is 0 Å². The van der Waals surface area contributed by atoms with Gasteiger partial charge in [0.15, 0.2) is 0 Å². The second-order valence-corrected chi connectivity index (χ2v) is 6.06. The van der Waals surface area contributed by atoms with E-state index in [4.69, 9.17) is 14.6 Å². The Morgan fingerprint density at radius 3 is 2.25 bits per heavy atom. The van der Waals surface area contributed by atoms with E-state index in [0.29, 0.717) is 6.42 Å². The largest absolute Gasteiger partial charge is 0.497 e. The lowest BCUT2D eigenvalue weighted by Gasteiger charge is -2.25. The van der Waals surface area contributed by atoms with Gasteiger partial charge in [-0.1, -0.05) is 27.7 Å². The molecule has 1 aromatic carbocycles. The lowest BCUT2D eigenvalue weighted by molar-refractivity contribution is -0.141. The summed E-state index contributed by atoms with van der Waals surface area (Å²) in [6.07, 6.45) is 0.415. The standard InChI is InChI=1S/C16H24O4/c1-10(15(17)18)7-11-8-12(19-5)9-13(14(11)20-6)16(2,3)4/h8-10H,7H2,1-6H3,(H,17,18). The molecule has 20 heavy (non-hydrogen) atoms. The third-order valence-electron chi connectivity index (χ3n) is 3.33. The normalized spacial score (nSPS) is 12.9. The molecule has 0 saturated heterocycles. The number of methoxy groups -OCH3 is 2. The average Bonchev–Trinajstić information content (AvgIpc) is 2.36. The topological polar surface area (TPSA) is 55.8 Å². The van der Waals surface area contributed by atoms with E-state index in [0.717, 1.165) is 22.6 Å². The van der Waals surface area contributed by atoms with E-state index < -0.39 is 11.9 Å². The molecule has 4 nitrogen and oxygen atoms in total. The Bertz CT molecular complexity index is 486. The summed E-state index contributed by atoms with van der Waals surface area (Å²) in [6, 6.07) is 3.81. The van der Waals surface area contributed by atoms with Crippen molar-refractivity contribution in [3.05, 3.63) is 23.3 Å². The first-order valence-corrected chi connectivity index (χ1v) is 6.69. The van der Waals surface area contributed by atoms with Crippen molar-refractivity contribution in [2.45, 2.75) is 39.5 Å². The van der Waals surface area contributed by atoms with Crippen molar-refractivity contribution in [3.63, 3.8) is 0 Å². The van der Waals surface area contributed by atoms with Gasteiger partial charge in [0.1, 0.15) is 11.5 Å². The highest BCUT2D eigenvalue weighted by molar-refractivity contribution is 5.70. The molecule has 4 heteroatoms. The zero-order chi connectivity index (χ0) is 15.5. The van der Waals surface area contributed by atoms with Gasteiger partial charge in [-0.25, -0.2) is 0 Å². The van der Waals surface area contributed by atoms with Gasteiger partial charge in [-0.15, -0.1) is 0 Å². The van der Waals surface area contributed by atoms with Crippen molar-refractivity contribution >= 4 is 5.97 Å². The molecule has 112 valence electrons. The maximum Gasteiger partial charge on any atom is 0.306 e. The molecule has 0 aromatic heterocycles.